The highest BCUT2D eigenvalue weighted by Gasteiger charge is 2.35. The van der Waals surface area contributed by atoms with Crippen LogP contribution in [0.4, 0.5) is 0 Å². The zero-order valence-electron chi connectivity index (χ0n) is 10.4. The zero-order valence-corrected chi connectivity index (χ0v) is 12.0. The van der Waals surface area contributed by atoms with Gasteiger partial charge in [0.05, 0.1) is 5.75 Å². The molecule has 2 rings (SSSR count). The smallest absolute Gasteiger partial charge is 0.147 e. The molecule has 1 atom stereocenters. The third kappa shape index (κ3) is 3.25. The van der Waals surface area contributed by atoms with E-state index < -0.39 is 9.84 Å². The SMILES string of the molecule is CS(=O)(=O)CCC1(c2ccc(Cl)cc2)CCNC1. The zero-order chi connectivity index (χ0) is 13.2. The number of sulfone groups is 1. The lowest BCUT2D eigenvalue weighted by Crippen LogP contribution is -2.31. The van der Waals surface area contributed by atoms with Crippen molar-refractivity contribution in [2.24, 2.45) is 0 Å². The Kier molecular flexibility index (Phi) is 3.99. The van der Waals surface area contributed by atoms with Crippen molar-refractivity contribution in [3.8, 4) is 0 Å². The molecule has 0 amide bonds. The largest absolute Gasteiger partial charge is 0.316 e. The molecule has 1 heterocycles. The first-order chi connectivity index (χ1) is 8.41. The Bertz CT molecular complexity index is 504. The van der Waals surface area contributed by atoms with Crippen LogP contribution in [-0.2, 0) is 15.3 Å². The summed E-state index contributed by atoms with van der Waals surface area (Å²) >= 11 is 5.90. The lowest BCUT2D eigenvalue weighted by atomic mass is 9.77. The van der Waals surface area contributed by atoms with Crippen molar-refractivity contribution in [2.75, 3.05) is 25.1 Å². The molecule has 1 saturated heterocycles. The fourth-order valence-corrected chi connectivity index (χ4v) is 3.42. The fourth-order valence-electron chi connectivity index (χ4n) is 2.53. The van der Waals surface area contributed by atoms with E-state index in [2.05, 4.69) is 5.32 Å². The Morgan fingerprint density at radius 1 is 1.33 bits per heavy atom. The van der Waals surface area contributed by atoms with Crippen molar-refractivity contribution in [3.63, 3.8) is 0 Å². The highest BCUT2D eigenvalue weighted by atomic mass is 35.5. The first kappa shape index (κ1) is 13.8. The van der Waals surface area contributed by atoms with E-state index >= 15 is 0 Å². The molecule has 100 valence electrons. The van der Waals surface area contributed by atoms with E-state index in [0.29, 0.717) is 11.4 Å². The maximum absolute atomic E-state index is 11.4. The molecule has 0 bridgehead atoms. The van der Waals surface area contributed by atoms with Crippen LogP contribution >= 0.6 is 11.6 Å². The standard InChI is InChI=1S/C13H18ClNO2S/c1-18(16,17)9-7-13(6-8-15-10-13)11-2-4-12(14)5-3-11/h2-5,15H,6-10H2,1H3. The second-order valence-corrected chi connectivity index (χ2v) is 7.79. The van der Waals surface area contributed by atoms with Crippen LogP contribution in [0.15, 0.2) is 24.3 Å². The fraction of sp³-hybridized carbons (Fsp3) is 0.538. The van der Waals surface area contributed by atoms with Gasteiger partial charge in [0.1, 0.15) is 9.84 Å². The van der Waals surface area contributed by atoms with Crippen LogP contribution in [-0.4, -0.2) is 33.5 Å². The molecule has 1 aliphatic heterocycles. The second kappa shape index (κ2) is 5.19. The lowest BCUT2D eigenvalue weighted by molar-refractivity contribution is 0.452. The maximum Gasteiger partial charge on any atom is 0.147 e. The van der Waals surface area contributed by atoms with Crippen molar-refractivity contribution in [2.45, 2.75) is 18.3 Å². The first-order valence-electron chi connectivity index (χ1n) is 6.06. The molecule has 0 aliphatic carbocycles. The molecule has 1 aromatic rings. The Balaban J connectivity index is 2.24. The summed E-state index contributed by atoms with van der Waals surface area (Å²) in [4.78, 5) is 0. The predicted molar refractivity (Wildman–Crippen MR) is 74.9 cm³/mol. The Labute approximate surface area is 113 Å². The summed E-state index contributed by atoms with van der Waals surface area (Å²) in [7, 11) is -2.92. The molecule has 1 fully saturated rings. The van der Waals surface area contributed by atoms with Gasteiger partial charge < -0.3 is 5.32 Å². The quantitative estimate of drug-likeness (QED) is 0.921. The number of nitrogens with one attached hydrogen (secondary N) is 1. The van der Waals surface area contributed by atoms with Crippen molar-refractivity contribution < 1.29 is 8.42 Å². The van der Waals surface area contributed by atoms with E-state index in [9.17, 15) is 8.42 Å². The van der Waals surface area contributed by atoms with Gasteiger partial charge in [-0.2, -0.15) is 0 Å². The summed E-state index contributed by atoms with van der Waals surface area (Å²) in [6.07, 6.45) is 2.94. The summed E-state index contributed by atoms with van der Waals surface area (Å²) in [5, 5.41) is 4.05. The van der Waals surface area contributed by atoms with Crippen LogP contribution in [0.5, 0.6) is 0 Å². The minimum absolute atomic E-state index is 0.0618. The predicted octanol–water partition coefficient (Wildman–Crippen LogP) is 2.01. The molecule has 1 aliphatic rings. The number of rotatable bonds is 4. The van der Waals surface area contributed by atoms with Crippen LogP contribution in [0.2, 0.25) is 5.02 Å². The van der Waals surface area contributed by atoms with E-state index in [4.69, 9.17) is 11.6 Å². The van der Waals surface area contributed by atoms with Crippen LogP contribution < -0.4 is 5.32 Å². The van der Waals surface area contributed by atoms with Gasteiger partial charge in [-0.15, -0.1) is 0 Å². The molecule has 3 nitrogen and oxygen atoms in total. The Morgan fingerprint density at radius 2 is 2.00 bits per heavy atom. The number of halogens is 1. The van der Waals surface area contributed by atoms with E-state index in [1.54, 1.807) is 0 Å². The molecule has 0 saturated carbocycles. The van der Waals surface area contributed by atoms with Crippen LogP contribution in [0.3, 0.4) is 0 Å². The Hall–Kier alpha value is -0.580. The van der Waals surface area contributed by atoms with Crippen molar-refractivity contribution in [1.29, 1.82) is 0 Å². The number of hydrogen-bond donors (Lipinski definition) is 1. The van der Waals surface area contributed by atoms with Gasteiger partial charge in [-0.1, -0.05) is 23.7 Å². The summed E-state index contributed by atoms with van der Waals surface area (Å²) in [6, 6.07) is 7.77. The Morgan fingerprint density at radius 3 is 2.50 bits per heavy atom. The average Bonchev–Trinajstić information content (AvgIpc) is 2.76. The molecule has 0 spiro atoms. The maximum atomic E-state index is 11.4. The van der Waals surface area contributed by atoms with Crippen LogP contribution in [0.25, 0.3) is 0 Å². The van der Waals surface area contributed by atoms with Gasteiger partial charge >= 0.3 is 0 Å². The third-order valence-corrected chi connectivity index (χ3v) is 4.85. The number of hydrogen-bond acceptors (Lipinski definition) is 3. The van der Waals surface area contributed by atoms with Gasteiger partial charge in [0.15, 0.2) is 0 Å². The minimum Gasteiger partial charge on any atom is -0.316 e. The molecular weight excluding hydrogens is 270 g/mol. The van der Waals surface area contributed by atoms with Crippen molar-refractivity contribution in [1.82, 2.24) is 5.32 Å². The second-order valence-electron chi connectivity index (χ2n) is 5.09. The van der Waals surface area contributed by atoms with E-state index in [1.165, 1.54) is 11.8 Å². The molecule has 1 N–H and O–H groups in total. The topological polar surface area (TPSA) is 46.2 Å². The van der Waals surface area contributed by atoms with Gasteiger partial charge in [-0.25, -0.2) is 8.42 Å². The highest BCUT2D eigenvalue weighted by molar-refractivity contribution is 7.90. The first-order valence-corrected chi connectivity index (χ1v) is 8.50. The molecule has 1 unspecified atom stereocenters. The normalized spacial score (nSPS) is 24.3. The van der Waals surface area contributed by atoms with Crippen molar-refractivity contribution >= 4 is 21.4 Å². The van der Waals surface area contributed by atoms with Crippen LogP contribution in [0, 0.1) is 0 Å². The highest BCUT2D eigenvalue weighted by Crippen LogP contribution is 2.35. The minimum atomic E-state index is -2.92. The van der Waals surface area contributed by atoms with Gasteiger partial charge in [0, 0.05) is 23.2 Å². The van der Waals surface area contributed by atoms with Crippen molar-refractivity contribution in [3.05, 3.63) is 34.9 Å². The van der Waals surface area contributed by atoms with Gasteiger partial charge in [-0.05, 0) is 37.1 Å². The molecule has 0 radical (unpaired) electrons. The monoisotopic (exact) mass is 287 g/mol. The number of benzene rings is 1. The third-order valence-electron chi connectivity index (χ3n) is 3.65. The summed E-state index contributed by atoms with van der Waals surface area (Å²) in [5.41, 5.74) is 1.12. The average molecular weight is 288 g/mol. The molecular formula is C13H18ClNO2S. The van der Waals surface area contributed by atoms with Crippen LogP contribution in [0.1, 0.15) is 18.4 Å². The molecule has 0 aromatic heterocycles. The van der Waals surface area contributed by atoms with E-state index in [1.807, 2.05) is 24.3 Å². The van der Waals surface area contributed by atoms with Gasteiger partial charge in [0.25, 0.3) is 0 Å². The van der Waals surface area contributed by atoms with E-state index in [0.717, 1.165) is 19.5 Å². The van der Waals surface area contributed by atoms with E-state index in [-0.39, 0.29) is 11.2 Å². The summed E-state index contributed by atoms with van der Waals surface area (Å²) < 4.78 is 22.7. The molecule has 5 heteroatoms. The molecule has 1 aromatic carbocycles. The molecule has 18 heavy (non-hydrogen) atoms. The summed E-state index contributed by atoms with van der Waals surface area (Å²) in [5.74, 6) is 0.233. The summed E-state index contributed by atoms with van der Waals surface area (Å²) in [6.45, 7) is 1.77. The van der Waals surface area contributed by atoms with Gasteiger partial charge in [0.2, 0.25) is 0 Å². The van der Waals surface area contributed by atoms with Gasteiger partial charge in [-0.3, -0.25) is 0 Å². The lowest BCUT2D eigenvalue weighted by Gasteiger charge is -2.28.